The summed E-state index contributed by atoms with van der Waals surface area (Å²) < 4.78 is 4.90. The molecule has 0 aromatic carbocycles. The van der Waals surface area contributed by atoms with Crippen molar-refractivity contribution < 1.29 is 40.2 Å². The Morgan fingerprint density at radius 3 is 2.42 bits per heavy atom. The Balaban J connectivity index is 2.68. The number of aliphatic hydroxyl groups excluding tert-OH is 4. The molecule has 0 aromatic heterocycles. The van der Waals surface area contributed by atoms with Gasteiger partial charge < -0.3 is 35.4 Å². The van der Waals surface area contributed by atoms with Crippen molar-refractivity contribution in [3.63, 3.8) is 0 Å². The Hall–Kier alpha value is -0.810. The van der Waals surface area contributed by atoms with Crippen molar-refractivity contribution >= 4 is 5.97 Å². The highest BCUT2D eigenvalue weighted by atomic mass is 16.7. The summed E-state index contributed by atoms with van der Waals surface area (Å²) in [6.07, 6.45) is -5.61. The molecule has 19 heavy (non-hydrogen) atoms. The van der Waals surface area contributed by atoms with Gasteiger partial charge in [-0.1, -0.05) is 0 Å². The minimum Gasteiger partial charge on any atom is -0.480 e. The van der Waals surface area contributed by atoms with Crippen molar-refractivity contribution in [1.82, 2.24) is 5.32 Å². The van der Waals surface area contributed by atoms with Gasteiger partial charge in [0.25, 0.3) is 0 Å². The maximum absolute atomic E-state index is 10.8. The number of hydrogen-bond acceptors (Lipinski definition) is 8. The van der Waals surface area contributed by atoms with Gasteiger partial charge in [-0.15, -0.1) is 0 Å². The van der Waals surface area contributed by atoms with Crippen LogP contribution in [0.2, 0.25) is 0 Å². The monoisotopic (exact) mass is 281 g/mol. The number of nitrogens with one attached hydrogen (secondary N) is 1. The first-order chi connectivity index (χ1) is 8.73. The van der Waals surface area contributed by atoms with Crippen LogP contribution in [0.1, 0.15) is 6.92 Å². The molecule has 7 N–H and O–H groups in total. The van der Waals surface area contributed by atoms with Crippen molar-refractivity contribution in [3.8, 4) is 0 Å². The highest BCUT2D eigenvalue weighted by Crippen LogP contribution is 2.28. The number of hydrogen-bond donors (Lipinski definition) is 7. The van der Waals surface area contributed by atoms with Gasteiger partial charge >= 0.3 is 5.97 Å². The number of carbonyl (C=O) groups is 1. The van der Waals surface area contributed by atoms with Gasteiger partial charge in [-0.3, -0.25) is 10.1 Å². The second kappa shape index (κ2) is 6.09. The standard InChI is InChI=1S/C10H19NO8/c1-4(13)6(9(16)17)11-3-10(18)8(15)7(14)5(2-12)19-10/h4-8,11-15,18H,2-3H2,1H3,(H,16,17)/t4?,5-,6+,7-,8+,10?/m1/s1. The van der Waals surface area contributed by atoms with Crippen LogP contribution in [0.25, 0.3) is 0 Å². The maximum Gasteiger partial charge on any atom is 0.323 e. The van der Waals surface area contributed by atoms with Gasteiger partial charge in [0.05, 0.1) is 19.3 Å². The fourth-order valence-electron chi connectivity index (χ4n) is 1.88. The number of aliphatic carboxylic acids is 1. The first kappa shape index (κ1) is 16.2. The van der Waals surface area contributed by atoms with Crippen LogP contribution in [-0.2, 0) is 9.53 Å². The van der Waals surface area contributed by atoms with Crippen LogP contribution in [0.15, 0.2) is 0 Å². The zero-order chi connectivity index (χ0) is 14.8. The third kappa shape index (κ3) is 3.39. The van der Waals surface area contributed by atoms with E-state index in [1.54, 1.807) is 0 Å². The normalized spacial score (nSPS) is 38.1. The van der Waals surface area contributed by atoms with Gasteiger partial charge in [0.15, 0.2) is 0 Å². The van der Waals surface area contributed by atoms with E-state index in [0.717, 1.165) is 0 Å². The number of rotatable bonds is 6. The number of aliphatic hydroxyl groups is 5. The second-order valence-corrected chi connectivity index (χ2v) is 4.56. The summed E-state index contributed by atoms with van der Waals surface area (Å²) >= 11 is 0. The van der Waals surface area contributed by atoms with E-state index in [-0.39, 0.29) is 0 Å². The van der Waals surface area contributed by atoms with Crippen LogP contribution < -0.4 is 5.32 Å². The zero-order valence-electron chi connectivity index (χ0n) is 10.3. The second-order valence-electron chi connectivity index (χ2n) is 4.56. The average Bonchev–Trinajstić information content (AvgIpc) is 2.53. The summed E-state index contributed by atoms with van der Waals surface area (Å²) in [5.74, 6) is -3.58. The van der Waals surface area contributed by atoms with Gasteiger partial charge in [0.2, 0.25) is 5.79 Å². The highest BCUT2D eigenvalue weighted by molar-refractivity contribution is 5.74. The predicted molar refractivity (Wildman–Crippen MR) is 60.0 cm³/mol. The van der Waals surface area contributed by atoms with Gasteiger partial charge in [-0.05, 0) is 6.92 Å². The number of carboxylic acid groups (broad SMARTS) is 1. The molecule has 2 unspecified atom stereocenters. The quantitative estimate of drug-likeness (QED) is 0.259. The minimum absolute atomic E-state index is 0.538. The summed E-state index contributed by atoms with van der Waals surface area (Å²) in [4.78, 5) is 10.8. The molecule has 9 heteroatoms. The average molecular weight is 281 g/mol. The van der Waals surface area contributed by atoms with Gasteiger partial charge in [-0.25, -0.2) is 0 Å². The molecule has 112 valence electrons. The first-order valence-electron chi connectivity index (χ1n) is 5.74. The highest BCUT2D eigenvalue weighted by Gasteiger charge is 2.53. The van der Waals surface area contributed by atoms with E-state index in [1.165, 1.54) is 6.92 Å². The SMILES string of the molecule is CC(O)[C@H](NCC1(O)O[C@H](CO)[C@@H](O)[C@@H]1O)C(=O)O. The molecule has 0 aromatic rings. The molecule has 0 bridgehead atoms. The Bertz CT molecular complexity index is 325. The van der Waals surface area contributed by atoms with Crippen molar-refractivity contribution in [1.29, 1.82) is 0 Å². The third-order valence-electron chi connectivity index (χ3n) is 3.03. The largest absolute Gasteiger partial charge is 0.480 e. The first-order valence-corrected chi connectivity index (χ1v) is 5.74. The van der Waals surface area contributed by atoms with Crippen LogP contribution >= 0.6 is 0 Å². The van der Waals surface area contributed by atoms with E-state index in [9.17, 15) is 25.2 Å². The van der Waals surface area contributed by atoms with E-state index < -0.39 is 55.4 Å². The molecule has 1 aliphatic rings. The minimum atomic E-state index is -2.24. The Morgan fingerprint density at radius 2 is 2.05 bits per heavy atom. The van der Waals surface area contributed by atoms with Gasteiger partial charge in [0.1, 0.15) is 24.4 Å². The van der Waals surface area contributed by atoms with Gasteiger partial charge in [0, 0.05) is 0 Å². The molecule has 1 saturated heterocycles. The van der Waals surface area contributed by atoms with E-state index in [2.05, 4.69) is 5.32 Å². The van der Waals surface area contributed by atoms with Gasteiger partial charge in [-0.2, -0.15) is 0 Å². The summed E-state index contributed by atoms with van der Waals surface area (Å²) in [5, 5.41) is 58.3. The van der Waals surface area contributed by atoms with E-state index in [4.69, 9.17) is 14.9 Å². The van der Waals surface area contributed by atoms with Crippen molar-refractivity contribution in [2.24, 2.45) is 0 Å². The Kier molecular flexibility index (Phi) is 5.21. The van der Waals surface area contributed by atoms with Crippen LogP contribution in [-0.4, -0.2) is 86.0 Å². The molecule has 0 saturated carbocycles. The third-order valence-corrected chi connectivity index (χ3v) is 3.03. The lowest BCUT2D eigenvalue weighted by Gasteiger charge is -2.28. The molecule has 6 atom stereocenters. The maximum atomic E-state index is 10.8. The lowest BCUT2D eigenvalue weighted by molar-refractivity contribution is -0.228. The molecular weight excluding hydrogens is 262 g/mol. The van der Waals surface area contributed by atoms with E-state index in [0.29, 0.717) is 0 Å². The molecule has 1 fully saturated rings. The smallest absolute Gasteiger partial charge is 0.323 e. The fourth-order valence-corrected chi connectivity index (χ4v) is 1.88. The zero-order valence-corrected chi connectivity index (χ0v) is 10.3. The Labute approximate surface area is 109 Å². The molecule has 9 nitrogen and oxygen atoms in total. The Morgan fingerprint density at radius 1 is 1.47 bits per heavy atom. The molecule has 0 radical (unpaired) electrons. The fraction of sp³-hybridized carbons (Fsp3) is 0.900. The predicted octanol–water partition coefficient (Wildman–Crippen LogP) is -3.79. The molecule has 0 spiro atoms. The lowest BCUT2D eigenvalue weighted by atomic mass is 10.0. The van der Waals surface area contributed by atoms with Crippen LogP contribution in [0.3, 0.4) is 0 Å². The molecule has 1 aliphatic heterocycles. The summed E-state index contributed by atoms with van der Waals surface area (Å²) in [6, 6.07) is -1.37. The molecule has 1 rings (SSSR count). The topological polar surface area (TPSA) is 160 Å². The lowest BCUT2D eigenvalue weighted by Crippen LogP contribution is -2.55. The molecule has 0 amide bonds. The van der Waals surface area contributed by atoms with E-state index >= 15 is 0 Å². The van der Waals surface area contributed by atoms with Crippen LogP contribution in [0, 0.1) is 0 Å². The van der Waals surface area contributed by atoms with Crippen molar-refractivity contribution in [2.45, 2.75) is 43.2 Å². The molecule has 0 aliphatic carbocycles. The number of carboxylic acids is 1. The van der Waals surface area contributed by atoms with E-state index in [1.807, 2.05) is 0 Å². The summed E-state index contributed by atoms with van der Waals surface area (Å²) in [6.45, 7) is 0.0933. The molecule has 1 heterocycles. The van der Waals surface area contributed by atoms with Crippen molar-refractivity contribution in [2.75, 3.05) is 13.2 Å². The molecular formula is C10H19NO8. The number of ether oxygens (including phenoxy) is 1. The van der Waals surface area contributed by atoms with Crippen LogP contribution in [0.5, 0.6) is 0 Å². The van der Waals surface area contributed by atoms with Crippen molar-refractivity contribution in [3.05, 3.63) is 0 Å². The van der Waals surface area contributed by atoms with Crippen LogP contribution in [0.4, 0.5) is 0 Å². The summed E-state index contributed by atoms with van der Waals surface area (Å²) in [7, 11) is 0. The summed E-state index contributed by atoms with van der Waals surface area (Å²) in [5.41, 5.74) is 0.